The average molecular weight is 267 g/mol. The molecular formula is C14H25N3O2. The molecule has 1 aromatic heterocycles. The summed E-state index contributed by atoms with van der Waals surface area (Å²) < 4.78 is 11.1. The first kappa shape index (κ1) is 14.5. The second kappa shape index (κ2) is 7.60. The minimum atomic E-state index is -0.0134. The summed E-state index contributed by atoms with van der Waals surface area (Å²) in [7, 11) is 0. The maximum atomic E-state index is 5.68. The zero-order chi connectivity index (χ0) is 13.5. The van der Waals surface area contributed by atoms with Crippen LogP contribution in [0, 0.1) is 5.92 Å². The van der Waals surface area contributed by atoms with Crippen LogP contribution in [0.2, 0.25) is 0 Å². The summed E-state index contributed by atoms with van der Waals surface area (Å²) in [6.45, 7) is 7.02. The van der Waals surface area contributed by atoms with Crippen molar-refractivity contribution in [3.63, 3.8) is 0 Å². The predicted octanol–water partition coefficient (Wildman–Crippen LogP) is 2.49. The van der Waals surface area contributed by atoms with E-state index in [9.17, 15) is 0 Å². The zero-order valence-electron chi connectivity index (χ0n) is 12.0. The molecule has 1 aliphatic heterocycles. The van der Waals surface area contributed by atoms with Crippen LogP contribution in [-0.2, 0) is 11.2 Å². The Morgan fingerprint density at radius 1 is 1.37 bits per heavy atom. The molecule has 1 atom stereocenters. The van der Waals surface area contributed by atoms with E-state index in [0.717, 1.165) is 38.2 Å². The van der Waals surface area contributed by atoms with E-state index < -0.39 is 0 Å². The summed E-state index contributed by atoms with van der Waals surface area (Å²) >= 11 is 0. The van der Waals surface area contributed by atoms with E-state index in [1.54, 1.807) is 0 Å². The van der Waals surface area contributed by atoms with Gasteiger partial charge in [0, 0.05) is 13.0 Å². The molecule has 0 aliphatic carbocycles. The molecule has 1 N–H and O–H groups in total. The van der Waals surface area contributed by atoms with Crippen molar-refractivity contribution in [2.75, 3.05) is 19.7 Å². The summed E-state index contributed by atoms with van der Waals surface area (Å²) in [6.07, 6.45) is 5.28. The van der Waals surface area contributed by atoms with E-state index in [1.165, 1.54) is 12.8 Å². The van der Waals surface area contributed by atoms with Crippen LogP contribution in [0.4, 0.5) is 0 Å². The van der Waals surface area contributed by atoms with Gasteiger partial charge in [0.1, 0.15) is 6.10 Å². The molecule has 19 heavy (non-hydrogen) atoms. The smallest absolute Gasteiger partial charge is 0.227 e. The predicted molar refractivity (Wildman–Crippen MR) is 72.9 cm³/mol. The van der Waals surface area contributed by atoms with Gasteiger partial charge in [0.15, 0.2) is 0 Å². The molecule has 2 rings (SSSR count). The second-order valence-corrected chi connectivity index (χ2v) is 5.18. The maximum absolute atomic E-state index is 5.68. The van der Waals surface area contributed by atoms with Gasteiger partial charge >= 0.3 is 0 Å². The summed E-state index contributed by atoms with van der Waals surface area (Å²) in [4.78, 5) is 4.52. The largest absolute Gasteiger partial charge is 0.370 e. The van der Waals surface area contributed by atoms with E-state index in [-0.39, 0.29) is 6.10 Å². The van der Waals surface area contributed by atoms with Crippen LogP contribution in [-0.4, -0.2) is 29.8 Å². The third-order valence-electron chi connectivity index (χ3n) is 3.61. The molecule has 1 aromatic rings. The van der Waals surface area contributed by atoms with Gasteiger partial charge in [-0.15, -0.1) is 0 Å². The van der Waals surface area contributed by atoms with Gasteiger partial charge < -0.3 is 14.6 Å². The van der Waals surface area contributed by atoms with Gasteiger partial charge in [0.25, 0.3) is 0 Å². The first-order chi connectivity index (χ1) is 9.33. The third kappa shape index (κ3) is 4.28. The number of piperidine rings is 1. The van der Waals surface area contributed by atoms with Gasteiger partial charge in [0.05, 0.1) is 0 Å². The fourth-order valence-corrected chi connectivity index (χ4v) is 2.56. The fourth-order valence-electron chi connectivity index (χ4n) is 2.56. The standard InChI is InChI=1S/C14H25N3O2/c1-3-5-12(18-4-2)14-16-13(19-17-14)10-11-6-8-15-9-7-11/h11-12,15H,3-10H2,1-2H3. The quantitative estimate of drug-likeness (QED) is 0.822. The molecule has 108 valence electrons. The Morgan fingerprint density at radius 2 is 2.16 bits per heavy atom. The van der Waals surface area contributed by atoms with Crippen molar-refractivity contribution in [3.05, 3.63) is 11.7 Å². The van der Waals surface area contributed by atoms with E-state index in [2.05, 4.69) is 22.4 Å². The number of aromatic nitrogens is 2. The summed E-state index contributed by atoms with van der Waals surface area (Å²) in [5.74, 6) is 2.15. The van der Waals surface area contributed by atoms with Crippen molar-refractivity contribution in [2.45, 2.75) is 52.1 Å². The number of nitrogens with zero attached hydrogens (tertiary/aromatic N) is 2. The van der Waals surface area contributed by atoms with Crippen molar-refractivity contribution in [2.24, 2.45) is 5.92 Å². The molecular weight excluding hydrogens is 242 g/mol. The lowest BCUT2D eigenvalue weighted by Gasteiger charge is -2.20. The maximum Gasteiger partial charge on any atom is 0.227 e. The van der Waals surface area contributed by atoms with Crippen LogP contribution in [0.15, 0.2) is 4.52 Å². The molecule has 0 saturated carbocycles. The molecule has 0 radical (unpaired) electrons. The van der Waals surface area contributed by atoms with Crippen LogP contribution < -0.4 is 5.32 Å². The number of ether oxygens (including phenoxy) is 1. The molecule has 5 nitrogen and oxygen atoms in total. The number of hydrogen-bond acceptors (Lipinski definition) is 5. The Balaban J connectivity index is 1.92. The molecule has 1 unspecified atom stereocenters. The minimum Gasteiger partial charge on any atom is -0.370 e. The third-order valence-corrected chi connectivity index (χ3v) is 3.61. The molecule has 0 aromatic carbocycles. The molecule has 0 bridgehead atoms. The van der Waals surface area contributed by atoms with Crippen LogP contribution in [0.1, 0.15) is 57.3 Å². The normalized spacial score (nSPS) is 18.6. The van der Waals surface area contributed by atoms with Crippen LogP contribution in [0.25, 0.3) is 0 Å². The number of rotatable bonds is 7. The molecule has 0 amide bonds. The first-order valence-electron chi connectivity index (χ1n) is 7.48. The van der Waals surface area contributed by atoms with E-state index in [4.69, 9.17) is 9.26 Å². The zero-order valence-corrected chi connectivity index (χ0v) is 12.0. The van der Waals surface area contributed by atoms with E-state index in [1.807, 2.05) is 6.92 Å². The molecule has 1 saturated heterocycles. The van der Waals surface area contributed by atoms with Crippen molar-refractivity contribution in [1.82, 2.24) is 15.5 Å². The molecule has 2 heterocycles. The second-order valence-electron chi connectivity index (χ2n) is 5.18. The minimum absolute atomic E-state index is 0.0134. The van der Waals surface area contributed by atoms with Crippen molar-refractivity contribution in [3.8, 4) is 0 Å². The lowest BCUT2D eigenvalue weighted by atomic mass is 9.95. The molecule has 1 fully saturated rings. The topological polar surface area (TPSA) is 60.2 Å². The van der Waals surface area contributed by atoms with Crippen molar-refractivity contribution < 1.29 is 9.26 Å². The van der Waals surface area contributed by atoms with Crippen LogP contribution >= 0.6 is 0 Å². The Labute approximate surface area is 115 Å². The highest BCUT2D eigenvalue weighted by molar-refractivity contribution is 4.93. The molecule has 0 spiro atoms. The van der Waals surface area contributed by atoms with E-state index in [0.29, 0.717) is 18.3 Å². The summed E-state index contributed by atoms with van der Waals surface area (Å²) in [5, 5.41) is 7.46. The van der Waals surface area contributed by atoms with E-state index >= 15 is 0 Å². The van der Waals surface area contributed by atoms with Gasteiger partial charge in [-0.3, -0.25) is 0 Å². The number of nitrogens with one attached hydrogen (secondary N) is 1. The van der Waals surface area contributed by atoms with Crippen LogP contribution in [0.5, 0.6) is 0 Å². The molecule has 5 heteroatoms. The SMILES string of the molecule is CCCC(OCC)c1noc(CC2CCNCC2)n1. The Bertz CT molecular complexity index is 355. The monoisotopic (exact) mass is 267 g/mol. The lowest BCUT2D eigenvalue weighted by Crippen LogP contribution is -2.28. The highest BCUT2D eigenvalue weighted by Crippen LogP contribution is 2.22. The van der Waals surface area contributed by atoms with Crippen LogP contribution in [0.3, 0.4) is 0 Å². The number of hydrogen-bond donors (Lipinski definition) is 1. The van der Waals surface area contributed by atoms with Gasteiger partial charge in [-0.2, -0.15) is 4.98 Å². The van der Waals surface area contributed by atoms with Crippen molar-refractivity contribution in [1.29, 1.82) is 0 Å². The van der Waals surface area contributed by atoms with Gasteiger partial charge in [-0.25, -0.2) is 0 Å². The Kier molecular flexibility index (Phi) is 5.79. The summed E-state index contributed by atoms with van der Waals surface area (Å²) in [6, 6.07) is 0. The fraction of sp³-hybridized carbons (Fsp3) is 0.857. The first-order valence-corrected chi connectivity index (χ1v) is 7.48. The Morgan fingerprint density at radius 3 is 2.84 bits per heavy atom. The van der Waals surface area contributed by atoms with Gasteiger partial charge in [0.2, 0.25) is 11.7 Å². The molecule has 1 aliphatic rings. The average Bonchev–Trinajstić information content (AvgIpc) is 2.88. The lowest BCUT2D eigenvalue weighted by molar-refractivity contribution is 0.0477. The van der Waals surface area contributed by atoms with Gasteiger partial charge in [-0.1, -0.05) is 18.5 Å². The summed E-state index contributed by atoms with van der Waals surface area (Å²) in [5.41, 5.74) is 0. The highest BCUT2D eigenvalue weighted by atomic mass is 16.5. The highest BCUT2D eigenvalue weighted by Gasteiger charge is 2.21. The van der Waals surface area contributed by atoms with Crippen molar-refractivity contribution >= 4 is 0 Å². The van der Waals surface area contributed by atoms with Gasteiger partial charge in [-0.05, 0) is 45.2 Å². The Hall–Kier alpha value is -0.940.